The van der Waals surface area contributed by atoms with Crippen molar-refractivity contribution in [1.29, 1.82) is 0 Å². The van der Waals surface area contributed by atoms with Crippen LogP contribution < -0.4 is 5.32 Å². The Morgan fingerprint density at radius 1 is 1.00 bits per heavy atom. The molecule has 4 rings (SSSR count). The van der Waals surface area contributed by atoms with E-state index in [0.717, 1.165) is 37.0 Å². The molecule has 6 nitrogen and oxygen atoms in total. The van der Waals surface area contributed by atoms with E-state index in [2.05, 4.69) is 25.4 Å². The Kier molecular flexibility index (Phi) is 6.43. The lowest BCUT2D eigenvalue weighted by Gasteiger charge is -2.34. The molecule has 1 fully saturated rings. The molecule has 1 aliphatic rings. The summed E-state index contributed by atoms with van der Waals surface area (Å²) in [7, 11) is 0. The lowest BCUT2D eigenvalue weighted by Crippen LogP contribution is -2.45. The number of hydrogen-bond donors (Lipinski definition) is 2. The molecule has 0 radical (unpaired) electrons. The molecule has 3 heterocycles. The smallest absolute Gasteiger partial charge is 0.323 e. The monoisotopic (exact) mass is 448 g/mol. The lowest BCUT2D eigenvalue weighted by atomic mass is 10.1. The summed E-state index contributed by atoms with van der Waals surface area (Å²) >= 11 is 0. The van der Waals surface area contributed by atoms with Gasteiger partial charge in [0.05, 0.1) is 5.56 Å². The van der Waals surface area contributed by atoms with Crippen molar-refractivity contribution >= 4 is 11.6 Å². The van der Waals surface area contributed by atoms with E-state index >= 15 is 0 Å². The molecule has 1 saturated heterocycles. The second-order valence-corrected chi connectivity index (χ2v) is 7.94. The highest BCUT2D eigenvalue weighted by molar-refractivity contribution is 5.51. The Morgan fingerprint density at radius 2 is 1.72 bits per heavy atom. The maximum Gasteiger partial charge on any atom is 0.419 e. The maximum absolute atomic E-state index is 14.3. The summed E-state index contributed by atoms with van der Waals surface area (Å²) in [5.41, 5.74) is 0.888. The number of benzene rings is 1. The average Bonchev–Trinajstić information content (AvgIpc) is 3.16. The van der Waals surface area contributed by atoms with Crippen molar-refractivity contribution in [2.75, 3.05) is 31.5 Å². The van der Waals surface area contributed by atoms with Crippen LogP contribution in [0.5, 0.6) is 0 Å². The number of H-pyrrole nitrogens is 1. The van der Waals surface area contributed by atoms with Crippen molar-refractivity contribution < 1.29 is 17.6 Å². The molecule has 0 aliphatic carbocycles. The summed E-state index contributed by atoms with van der Waals surface area (Å²) in [6.45, 7) is 5.60. The van der Waals surface area contributed by atoms with Gasteiger partial charge in [-0.15, -0.1) is 0 Å². The summed E-state index contributed by atoms with van der Waals surface area (Å²) in [6.07, 6.45) is -2.87. The standard InChI is InChI=1S/C22H24F4N6/c1-15-11-20(30-29-15)28-19-6-5-16(12-27-19)13-31-7-9-32(10-8-31)14-17-3-2-4-18(21(17)23)22(24,25)26/h2-6,11-12H,7-10,13-14H2,1H3,(H2,27,28,29,30). The van der Waals surface area contributed by atoms with Gasteiger partial charge in [0.1, 0.15) is 11.6 Å². The van der Waals surface area contributed by atoms with Crippen molar-refractivity contribution in [2.24, 2.45) is 0 Å². The first kappa shape index (κ1) is 22.2. The minimum atomic E-state index is -4.69. The summed E-state index contributed by atoms with van der Waals surface area (Å²) in [6, 6.07) is 9.24. The second kappa shape index (κ2) is 9.25. The van der Waals surface area contributed by atoms with Gasteiger partial charge in [0.2, 0.25) is 0 Å². The van der Waals surface area contributed by atoms with E-state index in [1.807, 2.05) is 36.2 Å². The van der Waals surface area contributed by atoms with Crippen LogP contribution in [0.1, 0.15) is 22.4 Å². The number of nitrogens with one attached hydrogen (secondary N) is 2. The number of aromatic amines is 1. The first-order valence-corrected chi connectivity index (χ1v) is 10.3. The third-order valence-electron chi connectivity index (χ3n) is 5.44. The minimum absolute atomic E-state index is 0.0765. The molecule has 1 aromatic carbocycles. The van der Waals surface area contributed by atoms with Gasteiger partial charge in [0.25, 0.3) is 0 Å². The molecule has 3 aromatic rings. The Balaban J connectivity index is 1.28. The highest BCUT2D eigenvalue weighted by atomic mass is 19.4. The zero-order valence-electron chi connectivity index (χ0n) is 17.6. The number of piperazine rings is 1. The van der Waals surface area contributed by atoms with E-state index in [4.69, 9.17) is 0 Å². The van der Waals surface area contributed by atoms with Gasteiger partial charge in [-0.05, 0) is 24.6 Å². The fourth-order valence-electron chi connectivity index (χ4n) is 3.73. The van der Waals surface area contributed by atoms with E-state index < -0.39 is 17.6 Å². The van der Waals surface area contributed by atoms with Crippen LogP contribution in [0, 0.1) is 12.7 Å². The first-order valence-electron chi connectivity index (χ1n) is 10.3. The van der Waals surface area contributed by atoms with Crippen LogP contribution in [0.2, 0.25) is 0 Å². The van der Waals surface area contributed by atoms with Crippen LogP contribution in [0.15, 0.2) is 42.6 Å². The zero-order chi connectivity index (χ0) is 22.7. The van der Waals surface area contributed by atoms with Crippen LogP contribution in [-0.4, -0.2) is 51.2 Å². The van der Waals surface area contributed by atoms with Crippen molar-refractivity contribution in [3.8, 4) is 0 Å². The Hall–Kier alpha value is -2.98. The number of pyridine rings is 1. The Morgan fingerprint density at radius 3 is 2.31 bits per heavy atom. The number of alkyl halides is 3. The number of hydrogen-bond acceptors (Lipinski definition) is 5. The van der Waals surface area contributed by atoms with Crippen LogP contribution >= 0.6 is 0 Å². The van der Waals surface area contributed by atoms with Gasteiger partial charge in [-0.3, -0.25) is 14.9 Å². The molecule has 10 heteroatoms. The second-order valence-electron chi connectivity index (χ2n) is 7.94. The van der Waals surface area contributed by atoms with Crippen LogP contribution in [-0.2, 0) is 19.3 Å². The molecule has 0 amide bonds. The maximum atomic E-state index is 14.3. The average molecular weight is 448 g/mol. The largest absolute Gasteiger partial charge is 0.419 e. The van der Waals surface area contributed by atoms with Crippen LogP contribution in [0.3, 0.4) is 0 Å². The van der Waals surface area contributed by atoms with Crippen molar-refractivity contribution in [3.05, 3.63) is 70.8 Å². The SMILES string of the molecule is Cc1cc(Nc2ccc(CN3CCN(Cc4cccc(C(F)(F)F)c4F)CC3)cn2)n[nH]1. The predicted octanol–water partition coefficient (Wildman–Crippen LogP) is 4.33. The third kappa shape index (κ3) is 5.43. The number of halogens is 4. The molecule has 0 spiro atoms. The van der Waals surface area contributed by atoms with Crippen molar-refractivity contribution in [2.45, 2.75) is 26.2 Å². The number of aromatic nitrogens is 3. The minimum Gasteiger partial charge on any atom is -0.323 e. The molecule has 2 aromatic heterocycles. The van der Waals surface area contributed by atoms with Crippen molar-refractivity contribution in [1.82, 2.24) is 25.0 Å². The zero-order valence-corrected chi connectivity index (χ0v) is 17.6. The summed E-state index contributed by atoms with van der Waals surface area (Å²) in [5, 5.41) is 10.1. The quantitative estimate of drug-likeness (QED) is 0.550. The van der Waals surface area contributed by atoms with Gasteiger partial charge in [-0.1, -0.05) is 18.2 Å². The fourth-order valence-corrected chi connectivity index (χ4v) is 3.73. The molecule has 32 heavy (non-hydrogen) atoms. The highest BCUT2D eigenvalue weighted by Crippen LogP contribution is 2.32. The molecular weight excluding hydrogens is 424 g/mol. The van der Waals surface area contributed by atoms with Gasteiger partial charge >= 0.3 is 6.18 Å². The van der Waals surface area contributed by atoms with E-state index in [-0.39, 0.29) is 12.1 Å². The van der Waals surface area contributed by atoms with Gasteiger partial charge in [-0.25, -0.2) is 9.37 Å². The normalized spacial score (nSPS) is 15.8. The topological polar surface area (TPSA) is 60.1 Å². The Labute approximate surface area is 183 Å². The number of rotatable bonds is 6. The van der Waals surface area contributed by atoms with Gasteiger partial charge in [-0.2, -0.15) is 18.3 Å². The van der Waals surface area contributed by atoms with E-state index in [9.17, 15) is 17.6 Å². The molecule has 0 bridgehead atoms. The van der Waals surface area contributed by atoms with Crippen molar-refractivity contribution in [3.63, 3.8) is 0 Å². The Bertz CT molecular complexity index is 1040. The molecule has 0 saturated carbocycles. The molecular formula is C22H24F4N6. The van der Waals surface area contributed by atoms with Crippen LogP contribution in [0.4, 0.5) is 29.2 Å². The van der Waals surface area contributed by atoms with E-state index in [0.29, 0.717) is 24.7 Å². The highest BCUT2D eigenvalue weighted by Gasteiger charge is 2.35. The first-order chi connectivity index (χ1) is 15.3. The third-order valence-corrected chi connectivity index (χ3v) is 5.44. The number of nitrogens with zero attached hydrogens (tertiary/aromatic N) is 4. The molecule has 0 atom stereocenters. The summed E-state index contributed by atoms with van der Waals surface area (Å²) in [4.78, 5) is 8.65. The summed E-state index contributed by atoms with van der Waals surface area (Å²) in [5.74, 6) is 0.233. The number of aryl methyl sites for hydroxylation is 1. The number of anilines is 2. The van der Waals surface area contributed by atoms with Crippen LogP contribution in [0.25, 0.3) is 0 Å². The fraction of sp³-hybridized carbons (Fsp3) is 0.364. The molecule has 0 unspecified atom stereocenters. The van der Waals surface area contributed by atoms with E-state index in [1.54, 1.807) is 0 Å². The van der Waals surface area contributed by atoms with Gasteiger partial charge < -0.3 is 5.32 Å². The molecule has 2 N–H and O–H groups in total. The van der Waals surface area contributed by atoms with Gasteiger partial charge in [0, 0.05) is 62.8 Å². The molecule has 170 valence electrons. The lowest BCUT2D eigenvalue weighted by molar-refractivity contribution is -0.140. The van der Waals surface area contributed by atoms with E-state index in [1.165, 1.54) is 12.1 Å². The predicted molar refractivity (Wildman–Crippen MR) is 113 cm³/mol. The van der Waals surface area contributed by atoms with Gasteiger partial charge in [0.15, 0.2) is 5.82 Å². The molecule has 1 aliphatic heterocycles. The summed E-state index contributed by atoms with van der Waals surface area (Å²) < 4.78 is 53.1.